The van der Waals surface area contributed by atoms with Gasteiger partial charge >= 0.3 is 0 Å². The summed E-state index contributed by atoms with van der Waals surface area (Å²) in [6.45, 7) is 7.99. The molecule has 0 radical (unpaired) electrons. The molecule has 0 aliphatic heterocycles. The van der Waals surface area contributed by atoms with Crippen LogP contribution in [0, 0.1) is 12.3 Å². The van der Waals surface area contributed by atoms with E-state index in [1.807, 2.05) is 13.0 Å². The topological polar surface area (TPSA) is 47.0 Å². The summed E-state index contributed by atoms with van der Waals surface area (Å²) in [7, 11) is 0. The van der Waals surface area contributed by atoms with E-state index >= 15 is 0 Å². The third-order valence-corrected chi connectivity index (χ3v) is 3.61. The molecule has 4 nitrogen and oxygen atoms in total. The number of aryl methyl sites for hydroxylation is 1. The van der Waals surface area contributed by atoms with Crippen LogP contribution < -0.4 is 10.1 Å². The molecule has 0 aromatic carbocycles. The molecule has 100 valence electrons. The molecule has 2 rings (SSSR count). The lowest BCUT2D eigenvalue weighted by atomic mass is 10.0. The molecule has 18 heavy (non-hydrogen) atoms. The first kappa shape index (κ1) is 13.1. The van der Waals surface area contributed by atoms with Crippen LogP contribution in [0.25, 0.3) is 0 Å². The van der Waals surface area contributed by atoms with E-state index in [1.54, 1.807) is 0 Å². The second-order valence-electron chi connectivity index (χ2n) is 5.23. The molecule has 1 fully saturated rings. The second kappa shape index (κ2) is 5.55. The van der Waals surface area contributed by atoms with Crippen molar-refractivity contribution >= 4 is 5.95 Å². The van der Waals surface area contributed by atoms with Crippen molar-refractivity contribution in [1.29, 1.82) is 0 Å². The largest absolute Gasteiger partial charge is 0.478 e. The highest BCUT2D eigenvalue weighted by Gasteiger charge is 2.40. The molecule has 1 N–H and O–H groups in total. The number of anilines is 1. The minimum absolute atomic E-state index is 0.498. The van der Waals surface area contributed by atoms with Gasteiger partial charge in [0.1, 0.15) is 0 Å². The van der Waals surface area contributed by atoms with Gasteiger partial charge in [-0.25, -0.2) is 4.98 Å². The smallest absolute Gasteiger partial charge is 0.226 e. The van der Waals surface area contributed by atoms with Crippen LogP contribution in [-0.2, 0) is 0 Å². The molecule has 4 heteroatoms. The lowest BCUT2D eigenvalue weighted by Gasteiger charge is -2.14. The van der Waals surface area contributed by atoms with Crippen LogP contribution in [0.1, 0.15) is 45.2 Å². The number of ether oxygens (including phenoxy) is 1. The number of rotatable bonds is 7. The van der Waals surface area contributed by atoms with Crippen LogP contribution in [0.4, 0.5) is 5.95 Å². The first-order valence-electron chi connectivity index (χ1n) is 6.90. The van der Waals surface area contributed by atoms with Crippen molar-refractivity contribution in [3.63, 3.8) is 0 Å². The van der Waals surface area contributed by atoms with Gasteiger partial charge in [-0.3, -0.25) is 0 Å². The maximum atomic E-state index is 5.56. The summed E-state index contributed by atoms with van der Waals surface area (Å²) in [4.78, 5) is 8.80. The summed E-state index contributed by atoms with van der Waals surface area (Å²) >= 11 is 0. The maximum absolute atomic E-state index is 5.56. The average Bonchev–Trinajstić information content (AvgIpc) is 3.14. The fraction of sp³-hybridized carbons (Fsp3) is 0.714. The molecule has 0 bridgehead atoms. The van der Waals surface area contributed by atoms with E-state index in [-0.39, 0.29) is 0 Å². The Labute approximate surface area is 109 Å². The van der Waals surface area contributed by atoms with Gasteiger partial charge in [-0.1, -0.05) is 13.8 Å². The molecule has 1 aliphatic carbocycles. The van der Waals surface area contributed by atoms with E-state index in [1.165, 1.54) is 19.3 Å². The number of aromatic nitrogens is 2. The molecule has 1 aliphatic rings. The second-order valence-corrected chi connectivity index (χ2v) is 5.23. The van der Waals surface area contributed by atoms with E-state index in [9.17, 15) is 0 Å². The fourth-order valence-electron chi connectivity index (χ4n) is 2.00. The summed E-state index contributed by atoms with van der Waals surface area (Å²) in [5.74, 6) is 1.37. The van der Waals surface area contributed by atoms with Crippen molar-refractivity contribution in [2.24, 2.45) is 5.41 Å². The molecular weight excluding hydrogens is 226 g/mol. The minimum atomic E-state index is 0.498. The molecule has 1 heterocycles. The first-order chi connectivity index (χ1) is 8.67. The molecule has 1 aromatic heterocycles. The summed E-state index contributed by atoms with van der Waals surface area (Å²) in [6, 6.07) is 1.88. The highest BCUT2D eigenvalue weighted by atomic mass is 16.5. The van der Waals surface area contributed by atoms with Gasteiger partial charge in [-0.05, 0) is 38.0 Å². The molecule has 1 aromatic rings. The van der Waals surface area contributed by atoms with Gasteiger partial charge in [0.25, 0.3) is 0 Å². The number of nitrogens with zero attached hydrogens (tertiary/aromatic N) is 2. The van der Waals surface area contributed by atoms with E-state index in [0.29, 0.717) is 23.9 Å². The van der Waals surface area contributed by atoms with Crippen LogP contribution in [-0.4, -0.2) is 23.1 Å². The van der Waals surface area contributed by atoms with Gasteiger partial charge in [-0.2, -0.15) is 4.98 Å². The van der Waals surface area contributed by atoms with Gasteiger partial charge in [0.05, 0.1) is 6.61 Å². The highest BCUT2D eigenvalue weighted by Crippen LogP contribution is 2.48. The normalized spacial score (nSPS) is 16.4. The fourth-order valence-corrected chi connectivity index (χ4v) is 2.00. The Kier molecular flexibility index (Phi) is 4.04. The van der Waals surface area contributed by atoms with Crippen LogP contribution in [0.2, 0.25) is 0 Å². The van der Waals surface area contributed by atoms with Gasteiger partial charge in [-0.15, -0.1) is 0 Å². The van der Waals surface area contributed by atoms with Crippen molar-refractivity contribution in [2.45, 2.75) is 46.5 Å². The Morgan fingerprint density at radius 3 is 2.72 bits per heavy atom. The summed E-state index contributed by atoms with van der Waals surface area (Å²) < 4.78 is 5.56. The van der Waals surface area contributed by atoms with Gasteiger partial charge in [0.2, 0.25) is 11.8 Å². The van der Waals surface area contributed by atoms with Crippen molar-refractivity contribution in [3.05, 3.63) is 11.8 Å². The lowest BCUT2D eigenvalue weighted by Crippen LogP contribution is -2.16. The molecule has 0 atom stereocenters. The highest BCUT2D eigenvalue weighted by molar-refractivity contribution is 5.31. The summed E-state index contributed by atoms with van der Waals surface area (Å²) in [5, 5.41) is 3.35. The minimum Gasteiger partial charge on any atom is -0.478 e. The van der Waals surface area contributed by atoms with Crippen molar-refractivity contribution in [3.8, 4) is 5.88 Å². The van der Waals surface area contributed by atoms with E-state index < -0.39 is 0 Å². The van der Waals surface area contributed by atoms with E-state index in [4.69, 9.17) is 4.74 Å². The Bertz CT molecular complexity index is 402. The van der Waals surface area contributed by atoms with Gasteiger partial charge in [0.15, 0.2) is 0 Å². The molecule has 1 saturated carbocycles. The van der Waals surface area contributed by atoms with E-state index in [2.05, 4.69) is 29.1 Å². The third-order valence-electron chi connectivity index (χ3n) is 3.61. The van der Waals surface area contributed by atoms with Crippen LogP contribution >= 0.6 is 0 Å². The molecular formula is C14H23N3O. The van der Waals surface area contributed by atoms with Crippen molar-refractivity contribution in [2.75, 3.05) is 18.5 Å². The summed E-state index contributed by atoms with van der Waals surface area (Å²) in [5.41, 5.74) is 1.44. The standard InChI is InChI=1S/C14H23N3O/c1-4-8-18-12-9-11(3)16-13(17-12)15-10-14(5-2)6-7-14/h9H,4-8,10H2,1-3H3,(H,15,16,17). The monoisotopic (exact) mass is 249 g/mol. The predicted molar refractivity (Wildman–Crippen MR) is 73.0 cm³/mol. The van der Waals surface area contributed by atoms with Gasteiger partial charge in [0, 0.05) is 18.3 Å². The maximum Gasteiger partial charge on any atom is 0.226 e. The zero-order valence-corrected chi connectivity index (χ0v) is 11.6. The zero-order chi connectivity index (χ0) is 13.0. The average molecular weight is 249 g/mol. The number of hydrogen-bond donors (Lipinski definition) is 1. The first-order valence-corrected chi connectivity index (χ1v) is 6.90. The Hall–Kier alpha value is -1.32. The third kappa shape index (κ3) is 3.34. The van der Waals surface area contributed by atoms with Crippen LogP contribution in [0.5, 0.6) is 5.88 Å². The zero-order valence-electron chi connectivity index (χ0n) is 11.6. The Morgan fingerprint density at radius 2 is 2.11 bits per heavy atom. The van der Waals surface area contributed by atoms with Crippen molar-refractivity contribution < 1.29 is 4.74 Å². The quantitative estimate of drug-likeness (QED) is 0.806. The van der Waals surface area contributed by atoms with Crippen molar-refractivity contribution in [1.82, 2.24) is 9.97 Å². The van der Waals surface area contributed by atoms with Gasteiger partial charge < -0.3 is 10.1 Å². The van der Waals surface area contributed by atoms with E-state index in [0.717, 1.165) is 18.7 Å². The van der Waals surface area contributed by atoms with Crippen LogP contribution in [0.15, 0.2) is 6.07 Å². The number of hydrogen-bond acceptors (Lipinski definition) is 4. The molecule has 0 amide bonds. The predicted octanol–water partition coefficient (Wildman–Crippen LogP) is 3.18. The SMILES string of the molecule is CCCOc1cc(C)nc(NCC2(CC)CC2)n1. The Balaban J connectivity index is 1.96. The number of nitrogens with one attached hydrogen (secondary N) is 1. The van der Waals surface area contributed by atoms with Crippen LogP contribution in [0.3, 0.4) is 0 Å². The summed E-state index contributed by atoms with van der Waals surface area (Å²) in [6.07, 6.45) is 4.86. The lowest BCUT2D eigenvalue weighted by molar-refractivity contribution is 0.305. The molecule has 0 saturated heterocycles. The molecule has 0 spiro atoms. The Morgan fingerprint density at radius 1 is 1.33 bits per heavy atom. The molecule has 0 unspecified atom stereocenters.